The van der Waals surface area contributed by atoms with E-state index in [2.05, 4.69) is 10.3 Å². The number of pyridine rings is 1. The minimum atomic E-state index is -0.938. The van der Waals surface area contributed by atoms with Crippen LogP contribution in [0.1, 0.15) is 21.6 Å². The van der Waals surface area contributed by atoms with Crippen LogP contribution in [0.4, 0.5) is 0 Å². The summed E-state index contributed by atoms with van der Waals surface area (Å²) in [6.45, 7) is 0.321. The minimum absolute atomic E-state index is 0.186. The van der Waals surface area contributed by atoms with Crippen molar-refractivity contribution in [1.29, 1.82) is 0 Å². The summed E-state index contributed by atoms with van der Waals surface area (Å²) >= 11 is 5.95. The molecule has 24 heavy (non-hydrogen) atoms. The summed E-state index contributed by atoms with van der Waals surface area (Å²) in [4.78, 5) is 16.7. The van der Waals surface area contributed by atoms with Crippen LogP contribution in [0, 0.1) is 0 Å². The van der Waals surface area contributed by atoms with Gasteiger partial charge >= 0.3 is 0 Å². The lowest BCUT2D eigenvalue weighted by Gasteiger charge is -2.05. The predicted molar refractivity (Wildman–Crippen MR) is 95.6 cm³/mol. The first-order valence-electron chi connectivity index (χ1n) is 7.31. The molecular weight excluding hydrogens is 346 g/mol. The Bertz CT molecular complexity index is 923. The molecule has 1 N–H and O–H groups in total. The molecular formula is C17H16ClN3O2S. The van der Waals surface area contributed by atoms with Crippen molar-refractivity contribution >= 4 is 34.0 Å². The van der Waals surface area contributed by atoms with E-state index in [-0.39, 0.29) is 5.91 Å². The zero-order valence-corrected chi connectivity index (χ0v) is 14.6. The van der Waals surface area contributed by atoms with E-state index in [1.54, 1.807) is 36.7 Å². The maximum atomic E-state index is 12.3. The van der Waals surface area contributed by atoms with Crippen LogP contribution in [-0.2, 0) is 23.1 Å². The highest BCUT2D eigenvalue weighted by Gasteiger charge is 2.08. The van der Waals surface area contributed by atoms with Gasteiger partial charge < -0.3 is 9.72 Å². The van der Waals surface area contributed by atoms with Gasteiger partial charge in [-0.3, -0.25) is 9.00 Å². The normalized spacial score (nSPS) is 12.2. The van der Waals surface area contributed by atoms with Crippen LogP contribution in [0.5, 0.6) is 0 Å². The second-order valence-electron chi connectivity index (χ2n) is 5.45. The highest BCUT2D eigenvalue weighted by atomic mass is 35.5. The molecule has 1 unspecified atom stereocenters. The van der Waals surface area contributed by atoms with Gasteiger partial charge in [-0.25, -0.2) is 4.98 Å². The van der Waals surface area contributed by atoms with Crippen LogP contribution < -0.4 is 5.32 Å². The number of nitrogens with zero attached hydrogens (tertiary/aromatic N) is 2. The molecule has 0 aliphatic rings. The van der Waals surface area contributed by atoms with Crippen LogP contribution in [0.15, 0.2) is 48.8 Å². The Labute approximate surface area is 147 Å². The van der Waals surface area contributed by atoms with Gasteiger partial charge in [-0.15, -0.1) is 0 Å². The molecule has 0 saturated heterocycles. The number of aromatic nitrogens is 2. The van der Waals surface area contributed by atoms with Crippen molar-refractivity contribution in [1.82, 2.24) is 14.7 Å². The molecule has 124 valence electrons. The highest BCUT2D eigenvalue weighted by molar-refractivity contribution is 7.83. The van der Waals surface area contributed by atoms with Gasteiger partial charge in [0.25, 0.3) is 5.91 Å². The largest absolute Gasteiger partial charge is 0.346 e. The van der Waals surface area contributed by atoms with Gasteiger partial charge in [0.05, 0.1) is 17.3 Å². The Morgan fingerprint density at radius 3 is 2.92 bits per heavy atom. The molecule has 0 bridgehead atoms. The van der Waals surface area contributed by atoms with Gasteiger partial charge in [-0.1, -0.05) is 23.7 Å². The number of hydrogen-bond donors (Lipinski definition) is 1. The summed E-state index contributed by atoms with van der Waals surface area (Å²) in [5.41, 5.74) is 2.95. The number of fused-ring (bicyclic) bond motifs is 1. The molecule has 1 amide bonds. The Balaban J connectivity index is 1.69. The summed E-state index contributed by atoms with van der Waals surface area (Å²) < 4.78 is 13.1. The van der Waals surface area contributed by atoms with E-state index in [9.17, 15) is 9.00 Å². The van der Waals surface area contributed by atoms with E-state index >= 15 is 0 Å². The summed E-state index contributed by atoms with van der Waals surface area (Å²) in [5, 5.41) is 3.47. The third-order valence-corrected chi connectivity index (χ3v) is 4.42. The molecule has 1 aromatic carbocycles. The van der Waals surface area contributed by atoms with Crippen LogP contribution >= 0.6 is 11.6 Å². The Morgan fingerprint density at radius 1 is 1.29 bits per heavy atom. The number of halogens is 1. The van der Waals surface area contributed by atoms with Crippen molar-refractivity contribution in [2.45, 2.75) is 12.3 Å². The molecule has 0 saturated carbocycles. The van der Waals surface area contributed by atoms with E-state index < -0.39 is 10.8 Å². The SMILES string of the molecule is CS(=O)Cc1cccc(C(=O)NCc2cn3cc(Cl)ccc3n2)c1. The van der Waals surface area contributed by atoms with Gasteiger partial charge in [0, 0.05) is 40.8 Å². The maximum Gasteiger partial charge on any atom is 0.251 e. The molecule has 5 nitrogen and oxygen atoms in total. The summed E-state index contributed by atoms with van der Waals surface area (Å²) in [7, 11) is -0.938. The molecule has 0 fully saturated rings. The number of carbonyl (C=O) groups excluding carboxylic acids is 1. The molecule has 2 heterocycles. The molecule has 2 aromatic heterocycles. The van der Waals surface area contributed by atoms with Crippen molar-refractivity contribution in [3.8, 4) is 0 Å². The fourth-order valence-corrected chi connectivity index (χ4v) is 3.23. The van der Waals surface area contributed by atoms with Crippen molar-refractivity contribution in [2.75, 3.05) is 6.26 Å². The summed E-state index contributed by atoms with van der Waals surface area (Å²) in [6.07, 6.45) is 5.24. The molecule has 0 radical (unpaired) electrons. The van der Waals surface area contributed by atoms with Gasteiger partial charge in [0.15, 0.2) is 0 Å². The standard InChI is InChI=1S/C17H16ClN3O2S/c1-24(23)11-12-3-2-4-13(7-12)17(22)19-8-15-10-21-9-14(18)5-6-16(21)20-15/h2-7,9-10H,8,11H2,1H3,(H,19,22). The van der Waals surface area contributed by atoms with E-state index in [4.69, 9.17) is 11.6 Å². The zero-order chi connectivity index (χ0) is 17.1. The molecule has 3 rings (SSSR count). The first-order valence-corrected chi connectivity index (χ1v) is 9.42. The summed E-state index contributed by atoms with van der Waals surface area (Å²) in [6, 6.07) is 10.8. The van der Waals surface area contributed by atoms with Gasteiger partial charge in [0.1, 0.15) is 5.65 Å². The van der Waals surface area contributed by atoms with Gasteiger partial charge in [-0.2, -0.15) is 0 Å². The number of carbonyl (C=O) groups is 1. The quantitative estimate of drug-likeness (QED) is 0.760. The highest BCUT2D eigenvalue weighted by Crippen LogP contribution is 2.12. The van der Waals surface area contributed by atoms with Crippen LogP contribution in [-0.4, -0.2) is 25.8 Å². The fourth-order valence-electron chi connectivity index (χ4n) is 2.41. The Kier molecular flexibility index (Phi) is 4.97. The second-order valence-corrected chi connectivity index (χ2v) is 7.32. The van der Waals surface area contributed by atoms with E-state index in [0.29, 0.717) is 22.9 Å². The lowest BCUT2D eigenvalue weighted by atomic mass is 10.1. The number of amides is 1. The lowest BCUT2D eigenvalue weighted by Crippen LogP contribution is -2.23. The second kappa shape index (κ2) is 7.15. The van der Waals surface area contributed by atoms with Crippen molar-refractivity contribution in [2.24, 2.45) is 0 Å². The summed E-state index contributed by atoms with van der Waals surface area (Å²) in [5.74, 6) is 0.253. The molecule has 1 atom stereocenters. The number of nitrogens with one attached hydrogen (secondary N) is 1. The average Bonchev–Trinajstić information content (AvgIpc) is 2.94. The number of hydrogen-bond acceptors (Lipinski definition) is 3. The van der Waals surface area contributed by atoms with Crippen molar-refractivity contribution < 1.29 is 9.00 Å². The average molecular weight is 362 g/mol. The zero-order valence-electron chi connectivity index (χ0n) is 13.0. The molecule has 3 aromatic rings. The maximum absolute atomic E-state index is 12.3. The molecule has 0 aliphatic carbocycles. The van der Waals surface area contributed by atoms with Crippen molar-refractivity contribution in [3.63, 3.8) is 0 Å². The first-order chi connectivity index (χ1) is 11.5. The van der Waals surface area contributed by atoms with Crippen LogP contribution in [0.25, 0.3) is 5.65 Å². The Hall–Kier alpha value is -2.18. The van der Waals surface area contributed by atoms with Gasteiger partial charge in [0.2, 0.25) is 0 Å². The molecule has 7 heteroatoms. The Morgan fingerprint density at radius 2 is 2.12 bits per heavy atom. The van der Waals surface area contributed by atoms with Crippen LogP contribution in [0.3, 0.4) is 0 Å². The van der Waals surface area contributed by atoms with Gasteiger partial charge in [-0.05, 0) is 29.8 Å². The number of rotatable bonds is 5. The molecule has 0 spiro atoms. The molecule has 0 aliphatic heterocycles. The predicted octanol–water partition coefficient (Wildman–Crippen LogP) is 2.80. The van der Waals surface area contributed by atoms with Crippen LogP contribution in [0.2, 0.25) is 5.02 Å². The third-order valence-electron chi connectivity index (χ3n) is 3.45. The topological polar surface area (TPSA) is 63.5 Å². The first kappa shape index (κ1) is 16.7. The number of imidazole rings is 1. The fraction of sp³-hybridized carbons (Fsp3) is 0.176. The van der Waals surface area contributed by atoms with Crippen molar-refractivity contribution in [3.05, 3.63) is 70.6 Å². The van der Waals surface area contributed by atoms with E-state index in [1.165, 1.54) is 0 Å². The van der Waals surface area contributed by atoms with E-state index in [1.807, 2.05) is 22.7 Å². The smallest absolute Gasteiger partial charge is 0.251 e. The number of benzene rings is 1. The monoisotopic (exact) mass is 361 g/mol. The third kappa shape index (κ3) is 4.01. The lowest BCUT2D eigenvalue weighted by molar-refractivity contribution is 0.0950. The minimum Gasteiger partial charge on any atom is -0.346 e. The van der Waals surface area contributed by atoms with E-state index in [0.717, 1.165) is 16.9 Å².